The van der Waals surface area contributed by atoms with Crippen LogP contribution in [0.15, 0.2) is 37.5 Å². The van der Waals surface area contributed by atoms with Gasteiger partial charge in [0.2, 0.25) is 15.9 Å². The number of aliphatic carboxylic acids is 1. The number of hydrogen-bond donors (Lipinski definition) is 3. The number of carbonyl (C=O) groups is 3. The van der Waals surface area contributed by atoms with E-state index in [2.05, 4.69) is 25.1 Å². The third-order valence-corrected chi connectivity index (χ3v) is 3.98. The number of carboxylic acids is 1. The molecule has 0 unspecified atom stereocenters. The molecule has 0 aromatic heterocycles. The molecule has 0 aliphatic carbocycles. The molecule has 0 radical (unpaired) electrons. The molecule has 0 aliphatic rings. The average molecular weight is 360 g/mol. The fraction of sp³-hybridized carbons (Fsp3) is 0.400. The maximum absolute atomic E-state index is 11.5. The highest BCUT2D eigenvalue weighted by Gasteiger charge is 2.27. The fourth-order valence-electron chi connectivity index (χ4n) is 1.28. The van der Waals surface area contributed by atoms with Gasteiger partial charge in [0, 0.05) is 5.57 Å². The van der Waals surface area contributed by atoms with Crippen LogP contribution < -0.4 is 10.0 Å². The van der Waals surface area contributed by atoms with Crippen molar-refractivity contribution in [1.82, 2.24) is 10.0 Å². The molecule has 0 bridgehead atoms. The second kappa shape index (κ2) is 10.4. The van der Waals surface area contributed by atoms with Crippen molar-refractivity contribution in [2.24, 2.45) is 0 Å². The molecule has 24 heavy (non-hydrogen) atoms. The van der Waals surface area contributed by atoms with Crippen LogP contribution in [0.1, 0.15) is 27.2 Å². The Bertz CT molecular complexity index is 620. The van der Waals surface area contributed by atoms with E-state index in [0.29, 0.717) is 6.42 Å². The lowest BCUT2D eigenvalue weighted by atomic mass is 10.1. The summed E-state index contributed by atoms with van der Waals surface area (Å²) in [5.41, 5.74) is -0.751. The van der Waals surface area contributed by atoms with E-state index in [0.717, 1.165) is 12.2 Å². The third kappa shape index (κ3) is 12.2. The van der Waals surface area contributed by atoms with Gasteiger partial charge in [0.25, 0.3) is 5.91 Å². The summed E-state index contributed by atoms with van der Waals surface area (Å²) in [6.45, 7) is 14.5. The molecule has 0 atom stereocenters. The highest BCUT2D eigenvalue weighted by molar-refractivity contribution is 7.90. The largest absolute Gasteiger partial charge is 0.478 e. The topological polar surface area (TPSA) is 130 Å². The number of sulfonamides is 1. The predicted molar refractivity (Wildman–Crippen MR) is 91.6 cm³/mol. The zero-order chi connectivity index (χ0) is 19.6. The van der Waals surface area contributed by atoms with E-state index in [9.17, 15) is 22.8 Å². The van der Waals surface area contributed by atoms with Crippen LogP contribution in [0.3, 0.4) is 0 Å². The summed E-state index contributed by atoms with van der Waals surface area (Å²) in [6.07, 6.45) is 2.42. The Hall–Kier alpha value is -2.42. The highest BCUT2D eigenvalue weighted by Crippen LogP contribution is 2.06. The lowest BCUT2D eigenvalue weighted by Crippen LogP contribution is -2.50. The van der Waals surface area contributed by atoms with Gasteiger partial charge in [-0.2, -0.15) is 0 Å². The first-order chi connectivity index (χ1) is 10.8. The van der Waals surface area contributed by atoms with Crippen LogP contribution in [0, 0.1) is 0 Å². The van der Waals surface area contributed by atoms with Gasteiger partial charge in [-0.15, -0.1) is 0 Å². The summed E-state index contributed by atoms with van der Waals surface area (Å²) in [4.78, 5) is 31.8. The molecule has 0 aliphatic heterocycles. The molecule has 0 saturated carbocycles. The van der Waals surface area contributed by atoms with Gasteiger partial charge in [-0.3, -0.25) is 9.59 Å². The summed E-state index contributed by atoms with van der Waals surface area (Å²) in [7, 11) is -3.82. The number of hydrogen-bond acceptors (Lipinski definition) is 5. The number of amides is 2. The monoisotopic (exact) mass is 360 g/mol. The molecule has 9 heteroatoms. The van der Waals surface area contributed by atoms with Crippen molar-refractivity contribution >= 4 is 27.8 Å². The van der Waals surface area contributed by atoms with E-state index in [1.165, 1.54) is 13.8 Å². The van der Waals surface area contributed by atoms with Gasteiger partial charge in [0.1, 0.15) is 0 Å². The Morgan fingerprint density at radius 1 is 1.12 bits per heavy atom. The highest BCUT2D eigenvalue weighted by atomic mass is 32.2. The van der Waals surface area contributed by atoms with Gasteiger partial charge < -0.3 is 10.4 Å². The van der Waals surface area contributed by atoms with Crippen molar-refractivity contribution in [2.45, 2.75) is 32.7 Å². The second-order valence-corrected chi connectivity index (χ2v) is 6.99. The smallest absolute Gasteiger partial charge is 0.330 e. The first-order valence-corrected chi connectivity index (χ1v) is 8.48. The Labute approximate surface area is 142 Å². The predicted octanol–water partition coefficient (Wildman–Crippen LogP) is 0.736. The van der Waals surface area contributed by atoms with Crippen LogP contribution in [0.4, 0.5) is 0 Å². The molecule has 0 spiro atoms. The van der Waals surface area contributed by atoms with Gasteiger partial charge in [-0.05, 0) is 32.4 Å². The fourth-order valence-corrected chi connectivity index (χ4v) is 2.76. The van der Waals surface area contributed by atoms with Crippen LogP contribution in [-0.2, 0) is 24.4 Å². The van der Waals surface area contributed by atoms with E-state index >= 15 is 0 Å². The minimum absolute atomic E-state index is 0.264. The second-order valence-electron chi connectivity index (χ2n) is 5.27. The van der Waals surface area contributed by atoms with Crippen LogP contribution in [0.5, 0.6) is 0 Å². The molecule has 3 N–H and O–H groups in total. The zero-order valence-electron chi connectivity index (χ0n) is 14.1. The van der Waals surface area contributed by atoms with Crippen molar-refractivity contribution in [3.63, 3.8) is 0 Å². The van der Waals surface area contributed by atoms with Gasteiger partial charge in [0.15, 0.2) is 0 Å². The minimum Gasteiger partial charge on any atom is -0.478 e. The Kier molecular flexibility index (Phi) is 10.3. The van der Waals surface area contributed by atoms with Crippen molar-refractivity contribution in [3.8, 4) is 0 Å². The van der Waals surface area contributed by atoms with Gasteiger partial charge in [-0.25, -0.2) is 17.9 Å². The van der Waals surface area contributed by atoms with Crippen LogP contribution in [0.25, 0.3) is 0 Å². The first-order valence-electron chi connectivity index (χ1n) is 6.82. The van der Waals surface area contributed by atoms with E-state index in [-0.39, 0.29) is 5.57 Å². The molecule has 136 valence electrons. The molecule has 8 nitrogen and oxygen atoms in total. The Morgan fingerprint density at radius 2 is 1.58 bits per heavy atom. The summed E-state index contributed by atoms with van der Waals surface area (Å²) < 4.78 is 24.8. The van der Waals surface area contributed by atoms with E-state index in [4.69, 9.17) is 5.11 Å². The van der Waals surface area contributed by atoms with Crippen LogP contribution in [-0.4, -0.2) is 42.6 Å². The van der Waals surface area contributed by atoms with Gasteiger partial charge >= 0.3 is 5.97 Å². The number of carboxylic acid groups (broad SMARTS) is 1. The molecule has 0 saturated heterocycles. The van der Waals surface area contributed by atoms with E-state index in [1.54, 1.807) is 11.6 Å². The minimum atomic E-state index is -3.82. The molecule has 0 rings (SSSR count). The van der Waals surface area contributed by atoms with Crippen molar-refractivity contribution in [3.05, 3.63) is 37.5 Å². The van der Waals surface area contributed by atoms with Crippen molar-refractivity contribution < 1.29 is 27.9 Å². The third-order valence-electron chi connectivity index (χ3n) is 2.37. The standard InChI is InChI=1S/C10H16N2O4S.C5H8O2/c1-5-8(13)11-10(3,4)7-17(15,16)12-9(14)6-2;1-3-4(2)5(6)7/h5-6H,1-2,7H2,3-4H3,(H,11,13)(H,12,14);2-3H2,1H3,(H,6,7). The summed E-state index contributed by atoms with van der Waals surface area (Å²) in [5, 5.41) is 10.5. The quantitative estimate of drug-likeness (QED) is 0.547. The lowest BCUT2D eigenvalue weighted by molar-refractivity contribution is -0.132. The number of carbonyl (C=O) groups excluding carboxylic acids is 2. The lowest BCUT2D eigenvalue weighted by Gasteiger charge is -2.25. The molecular formula is C15H24N2O6S. The molecule has 0 heterocycles. The van der Waals surface area contributed by atoms with Gasteiger partial charge in [-0.1, -0.05) is 26.7 Å². The zero-order valence-corrected chi connectivity index (χ0v) is 14.9. The van der Waals surface area contributed by atoms with Crippen molar-refractivity contribution in [2.75, 3.05) is 5.75 Å². The summed E-state index contributed by atoms with van der Waals surface area (Å²) in [6, 6.07) is 0. The summed E-state index contributed by atoms with van der Waals surface area (Å²) >= 11 is 0. The summed E-state index contributed by atoms with van der Waals surface area (Å²) in [5.74, 6) is -2.63. The molecule has 0 aromatic carbocycles. The van der Waals surface area contributed by atoms with Gasteiger partial charge in [0.05, 0.1) is 11.3 Å². The van der Waals surface area contributed by atoms with Crippen LogP contribution >= 0.6 is 0 Å². The molecule has 2 amide bonds. The van der Waals surface area contributed by atoms with E-state index in [1.807, 2.05) is 0 Å². The molecule has 0 fully saturated rings. The SMILES string of the molecule is C=C(CC)C(=O)O.C=CC(=O)NC(C)(C)CS(=O)(=O)NC(=O)C=C. The van der Waals surface area contributed by atoms with Crippen LogP contribution in [0.2, 0.25) is 0 Å². The Morgan fingerprint density at radius 3 is 1.88 bits per heavy atom. The van der Waals surface area contributed by atoms with Crippen molar-refractivity contribution in [1.29, 1.82) is 0 Å². The maximum Gasteiger partial charge on any atom is 0.330 e. The van der Waals surface area contributed by atoms with E-state index < -0.39 is 39.1 Å². The normalized spacial score (nSPS) is 10.5. The molecule has 0 aromatic rings. The number of nitrogens with one attached hydrogen (secondary N) is 2. The average Bonchev–Trinajstić information content (AvgIpc) is 2.44. The maximum atomic E-state index is 11.5. The Balaban J connectivity index is 0. The first kappa shape index (κ1) is 23.8. The number of rotatable bonds is 8. The molecular weight excluding hydrogens is 336 g/mol.